The van der Waals surface area contributed by atoms with Crippen LogP contribution in [-0.4, -0.2) is 45.5 Å². The molecule has 3 atom stereocenters. The first kappa shape index (κ1) is 33.5. The third-order valence-electron chi connectivity index (χ3n) is 5.55. The Morgan fingerprint density at radius 1 is 0.949 bits per heavy atom. The molecule has 0 aromatic heterocycles. The van der Waals surface area contributed by atoms with E-state index in [4.69, 9.17) is 20.7 Å². The van der Waals surface area contributed by atoms with Crippen molar-refractivity contribution in [3.05, 3.63) is 102 Å². The summed E-state index contributed by atoms with van der Waals surface area (Å²) < 4.78 is 44.5. The van der Waals surface area contributed by atoms with Crippen molar-refractivity contribution in [2.24, 2.45) is 0 Å². The van der Waals surface area contributed by atoms with Crippen LogP contribution in [0.2, 0.25) is 0 Å². The molecule has 1 N–H and O–H groups in total. The van der Waals surface area contributed by atoms with E-state index < -0.39 is 25.6 Å². The van der Waals surface area contributed by atoms with Crippen LogP contribution in [0.3, 0.4) is 0 Å². The molecule has 10 heteroatoms. The number of aliphatic hydroxyl groups excluding tert-OH is 1. The third kappa shape index (κ3) is 10.7. The van der Waals surface area contributed by atoms with Crippen LogP contribution in [0.5, 0.6) is 11.5 Å². The Hall–Kier alpha value is -1.66. The third-order valence-corrected chi connectivity index (χ3v) is 6.20. The van der Waals surface area contributed by atoms with Gasteiger partial charge in [-0.05, 0) is 54.0 Å². The van der Waals surface area contributed by atoms with Gasteiger partial charge in [0.25, 0.3) is 0 Å². The smallest absolute Gasteiger partial charge is 0.143 e. The van der Waals surface area contributed by atoms with E-state index in [-0.39, 0.29) is 38.2 Å². The minimum atomic E-state index is -3.74. The summed E-state index contributed by atoms with van der Waals surface area (Å²) in [5.74, 6) is 1.55. The number of ether oxygens (including phenoxy) is 4. The summed E-state index contributed by atoms with van der Waals surface area (Å²) in [5, 5.41) is 8.74. The molecule has 3 aromatic rings. The summed E-state index contributed by atoms with van der Waals surface area (Å²) in [6.45, 7) is 5.35. The normalized spacial score (nSPS) is 14.4. The summed E-state index contributed by atoms with van der Waals surface area (Å²) >= 11 is 0. The molecule has 0 spiro atoms. The zero-order chi connectivity index (χ0) is 28.9. The van der Waals surface area contributed by atoms with Gasteiger partial charge >= 0.3 is 0 Å². The number of hydrogen-bond donors (Lipinski definition) is 1. The van der Waals surface area contributed by atoms with Crippen LogP contribution in [0, 0.1) is 37.7 Å². The molecule has 8 nitrogen and oxygen atoms in total. The second-order valence-electron chi connectivity index (χ2n) is 8.34. The molecule has 0 heterocycles. The average Bonchev–Trinajstić information content (AvgIpc) is 2.94. The summed E-state index contributed by atoms with van der Waals surface area (Å²) in [7, 11) is -0.631. The minimum Gasteiger partial charge on any atom is -0.779 e. The van der Waals surface area contributed by atoms with E-state index in [2.05, 4.69) is 9.26 Å². The second-order valence-corrected chi connectivity index (χ2v) is 10.1. The molecule has 0 saturated carbocycles. The van der Waals surface area contributed by atoms with E-state index in [0.717, 1.165) is 34.9 Å². The van der Waals surface area contributed by atoms with Gasteiger partial charge < -0.3 is 38.0 Å². The largest absolute Gasteiger partial charge is 0.779 e. The van der Waals surface area contributed by atoms with E-state index in [1.54, 1.807) is 21.1 Å². The quantitative estimate of drug-likeness (QED) is 0.117. The fraction of sp³-hybridized carbons (Fsp3) is 0.345. The van der Waals surface area contributed by atoms with Gasteiger partial charge in [-0.1, -0.05) is 67.9 Å². The van der Waals surface area contributed by atoms with Crippen LogP contribution in [0.1, 0.15) is 38.3 Å². The van der Waals surface area contributed by atoms with Gasteiger partial charge in [0.05, 0.1) is 15.6 Å². The van der Waals surface area contributed by atoms with Crippen molar-refractivity contribution in [1.82, 2.24) is 0 Å². The van der Waals surface area contributed by atoms with Crippen LogP contribution in [-0.2, 0) is 24.2 Å². The Morgan fingerprint density at radius 2 is 1.41 bits per heavy atom. The Bertz CT molecular complexity index is 1090. The fourth-order valence-corrected chi connectivity index (χ4v) is 4.41. The van der Waals surface area contributed by atoms with Crippen molar-refractivity contribution >= 4 is 7.60 Å². The maximum Gasteiger partial charge on any atom is 0.143 e. The van der Waals surface area contributed by atoms with E-state index in [9.17, 15) is 9.46 Å². The summed E-state index contributed by atoms with van der Waals surface area (Å²) in [6, 6.07) is 25.5. The van der Waals surface area contributed by atoms with E-state index in [1.165, 1.54) is 13.5 Å². The fourth-order valence-electron chi connectivity index (χ4n) is 3.72. The zero-order valence-electron chi connectivity index (χ0n) is 23.9. The Balaban J connectivity index is 0.000000489. The van der Waals surface area contributed by atoms with Crippen molar-refractivity contribution in [3.8, 4) is 11.5 Å². The van der Waals surface area contributed by atoms with E-state index in [0.29, 0.717) is 6.42 Å². The zero-order valence-corrected chi connectivity index (χ0v) is 28.0. The van der Waals surface area contributed by atoms with E-state index >= 15 is 0 Å². The van der Waals surface area contributed by atoms with Crippen molar-refractivity contribution in [2.75, 3.05) is 28.0 Å². The molecule has 0 amide bonds. The average molecular weight is 785 g/mol. The molecule has 3 aromatic carbocycles. The number of methoxy groups -OCH3 is 3. The molecule has 39 heavy (non-hydrogen) atoms. The molecule has 0 radical (unpaired) electrons. The minimum absolute atomic E-state index is 0. The van der Waals surface area contributed by atoms with Gasteiger partial charge in [0.1, 0.15) is 31.0 Å². The summed E-state index contributed by atoms with van der Waals surface area (Å²) in [4.78, 5) is 10.7. The SMILES string of the molecule is CCC([CH-]OC(C)O)OP(C)(=O)[O-].[3H]COC(c1ccccc1)(c1ccc(OC)cc1)c1ccc(OC)cc1.[U]. The molecular formula is C29H37O8PU-2. The molecule has 212 valence electrons. The first-order valence-electron chi connectivity index (χ1n) is 12.7. The van der Waals surface area contributed by atoms with E-state index in [1.807, 2.05) is 78.9 Å². The topological polar surface area (TPSA) is 107 Å². The first-order chi connectivity index (χ1) is 18.6. The molecule has 0 aliphatic carbocycles. The van der Waals surface area contributed by atoms with Crippen molar-refractivity contribution in [1.29, 1.82) is 0 Å². The second kappa shape index (κ2) is 17.2. The van der Waals surface area contributed by atoms with Crippen LogP contribution in [0.4, 0.5) is 0 Å². The van der Waals surface area contributed by atoms with Gasteiger partial charge in [-0.15, -0.1) is 0 Å². The Labute approximate surface area is 256 Å². The predicted molar refractivity (Wildman–Crippen MR) is 145 cm³/mol. The maximum atomic E-state index is 10.7. The molecule has 0 aliphatic heterocycles. The number of benzene rings is 3. The number of rotatable bonds is 12. The van der Waals surface area contributed by atoms with Gasteiger partial charge in [0.15, 0.2) is 0 Å². The van der Waals surface area contributed by atoms with Gasteiger partial charge in [0, 0.05) is 44.9 Å². The molecule has 0 aliphatic rings. The van der Waals surface area contributed by atoms with Crippen LogP contribution in [0.15, 0.2) is 78.9 Å². The Kier molecular flexibility index (Phi) is 14.8. The molecule has 0 saturated heterocycles. The number of hydrogen-bond acceptors (Lipinski definition) is 8. The molecule has 0 fully saturated rings. The van der Waals surface area contributed by atoms with Crippen LogP contribution in [0.25, 0.3) is 0 Å². The van der Waals surface area contributed by atoms with Gasteiger partial charge in [-0.3, -0.25) is 0 Å². The standard InChI is InChI=1S/C22H22O3.C7H16O5P.U/c1-23-20-13-9-18(10-14-20)22(25-3,17-7-5-4-6-8-17)19-11-15-21(24-2)16-12-19;1-4-7(5-11-6(2)8)12-13(3,9)10;/h4-16H,1-3H3;5-8H,4H2,1-3H3,(H,9,10);/q;-1;/p-1/i3T;;. The molecule has 3 unspecified atom stereocenters. The van der Waals surface area contributed by atoms with Crippen molar-refractivity contribution in [3.63, 3.8) is 0 Å². The molecule has 3 rings (SSSR count). The van der Waals surface area contributed by atoms with Gasteiger partial charge in [-0.25, -0.2) is 0 Å². The molecule has 0 bridgehead atoms. The van der Waals surface area contributed by atoms with Crippen LogP contribution < -0.4 is 14.4 Å². The van der Waals surface area contributed by atoms with Gasteiger partial charge in [0.2, 0.25) is 0 Å². The maximum absolute atomic E-state index is 10.7. The summed E-state index contributed by atoms with van der Waals surface area (Å²) in [6.07, 6.45) is -1.13. The van der Waals surface area contributed by atoms with Crippen molar-refractivity contribution < 1.29 is 70.5 Å². The Morgan fingerprint density at radius 3 is 1.77 bits per heavy atom. The monoisotopic (exact) mass is 784 g/mol. The van der Waals surface area contributed by atoms with Crippen molar-refractivity contribution in [2.45, 2.75) is 38.3 Å². The summed E-state index contributed by atoms with van der Waals surface area (Å²) in [5.41, 5.74) is 1.94. The first-order valence-corrected chi connectivity index (χ1v) is 14.0. The van der Waals surface area contributed by atoms with Gasteiger partial charge in [-0.2, -0.15) is 6.61 Å². The van der Waals surface area contributed by atoms with Crippen LogP contribution >= 0.6 is 7.60 Å². The number of aliphatic hydroxyl groups is 1. The predicted octanol–water partition coefficient (Wildman–Crippen LogP) is 5.12. The molecular weight excluding hydrogens is 745 g/mol.